The molecule has 1 saturated heterocycles. The van der Waals surface area contributed by atoms with E-state index >= 15 is 0 Å². The Bertz CT molecular complexity index is 854. The molecule has 2 aromatic rings. The van der Waals surface area contributed by atoms with Gasteiger partial charge in [0.1, 0.15) is 26.2 Å². The van der Waals surface area contributed by atoms with Gasteiger partial charge in [0.2, 0.25) is 5.13 Å². The molecule has 0 unspecified atom stereocenters. The fraction of sp³-hybridized carbons (Fsp3) is 0.500. The average Bonchev–Trinajstić information content (AvgIpc) is 3.00. The summed E-state index contributed by atoms with van der Waals surface area (Å²) in [5.74, 6) is 0.0857. The van der Waals surface area contributed by atoms with E-state index in [0.717, 1.165) is 53.2 Å². The van der Waals surface area contributed by atoms with Crippen LogP contribution >= 0.6 is 23.6 Å². The molecule has 1 aliphatic heterocycles. The molecule has 0 atom stereocenters. The number of nitrogens with one attached hydrogen (secondary N) is 4. The molecule has 1 aromatic carbocycles. The second-order valence-electron chi connectivity index (χ2n) is 7.05. The van der Waals surface area contributed by atoms with E-state index in [-0.39, 0.29) is 5.91 Å². The Morgan fingerprint density at radius 1 is 1.26 bits per heavy atom. The molecule has 146 valence electrons. The highest BCUT2D eigenvalue weighted by atomic mass is 32.1. The van der Waals surface area contributed by atoms with Crippen LogP contribution in [-0.2, 0) is 11.5 Å². The number of benzene rings is 1. The van der Waals surface area contributed by atoms with Crippen LogP contribution in [-0.4, -0.2) is 55.5 Å². The first-order valence-corrected chi connectivity index (χ1v) is 10.5. The molecule has 7 nitrogen and oxygen atoms in total. The van der Waals surface area contributed by atoms with Gasteiger partial charge < -0.3 is 20.4 Å². The second-order valence-corrected chi connectivity index (χ2v) is 8.68. The SMILES string of the molecule is CNc1nn(C[NH+]2CC[NH+](CC(=O)Nc3cccc(C)c3C)CC2)c(=S)s1. The topological polar surface area (TPSA) is 67.8 Å². The van der Waals surface area contributed by atoms with E-state index in [4.69, 9.17) is 12.2 Å². The number of aromatic nitrogens is 2. The molecule has 2 heterocycles. The number of nitrogens with zero attached hydrogens (tertiary/aromatic N) is 2. The van der Waals surface area contributed by atoms with Gasteiger partial charge in [-0.3, -0.25) is 4.79 Å². The van der Waals surface area contributed by atoms with E-state index in [2.05, 4.69) is 28.7 Å². The summed E-state index contributed by atoms with van der Waals surface area (Å²) < 4.78 is 2.70. The van der Waals surface area contributed by atoms with Crippen LogP contribution in [0.25, 0.3) is 0 Å². The molecule has 0 saturated carbocycles. The third kappa shape index (κ3) is 5.13. The van der Waals surface area contributed by atoms with Gasteiger partial charge in [0, 0.05) is 12.7 Å². The van der Waals surface area contributed by atoms with Crippen molar-refractivity contribution in [3.05, 3.63) is 33.3 Å². The standard InChI is InChI=1S/C18H26N6OS2/c1-13-5-4-6-15(14(13)2)20-16(25)11-22-7-9-23(10-8-22)12-24-18(26)27-17(19-3)21-24/h4-6H,7-12H2,1-3H3,(H,19,21)(H,20,25)/p+2. The van der Waals surface area contributed by atoms with Gasteiger partial charge >= 0.3 is 0 Å². The first kappa shape index (κ1) is 19.9. The second kappa shape index (κ2) is 8.92. The normalized spacial score (nSPS) is 19.7. The molecule has 3 rings (SSSR count). The number of rotatable bonds is 6. The van der Waals surface area contributed by atoms with Crippen LogP contribution < -0.4 is 20.4 Å². The zero-order valence-electron chi connectivity index (χ0n) is 16.1. The first-order chi connectivity index (χ1) is 13.0. The molecule has 1 aromatic heterocycles. The number of aryl methyl sites for hydroxylation is 1. The van der Waals surface area contributed by atoms with Gasteiger partial charge in [0.05, 0.1) is 0 Å². The van der Waals surface area contributed by atoms with Gasteiger partial charge in [-0.05, 0) is 43.3 Å². The van der Waals surface area contributed by atoms with Crippen LogP contribution in [0.15, 0.2) is 18.2 Å². The Morgan fingerprint density at radius 2 is 1.96 bits per heavy atom. The molecule has 0 bridgehead atoms. The molecular formula is C18H28N6OS2+2. The fourth-order valence-corrected chi connectivity index (χ4v) is 4.28. The molecule has 4 N–H and O–H groups in total. The van der Waals surface area contributed by atoms with Crippen molar-refractivity contribution < 1.29 is 14.6 Å². The van der Waals surface area contributed by atoms with Crippen molar-refractivity contribution in [3.8, 4) is 0 Å². The third-order valence-electron chi connectivity index (χ3n) is 5.15. The predicted octanol–water partition coefficient (Wildman–Crippen LogP) is -0.288. The summed E-state index contributed by atoms with van der Waals surface area (Å²) in [5, 5.41) is 11.4. The summed E-state index contributed by atoms with van der Waals surface area (Å²) in [6, 6.07) is 6.01. The highest BCUT2D eigenvalue weighted by Gasteiger charge is 2.25. The number of hydrogen-bond donors (Lipinski definition) is 4. The summed E-state index contributed by atoms with van der Waals surface area (Å²) >= 11 is 6.88. The lowest BCUT2D eigenvalue weighted by Gasteiger charge is -2.29. The van der Waals surface area contributed by atoms with Gasteiger partial charge in [-0.1, -0.05) is 23.5 Å². The largest absolute Gasteiger partial charge is 0.363 e. The van der Waals surface area contributed by atoms with Crippen molar-refractivity contribution in [3.63, 3.8) is 0 Å². The molecule has 1 amide bonds. The van der Waals surface area contributed by atoms with E-state index in [1.807, 2.05) is 30.8 Å². The predicted molar refractivity (Wildman–Crippen MR) is 111 cm³/mol. The minimum atomic E-state index is 0.0857. The molecule has 9 heteroatoms. The van der Waals surface area contributed by atoms with E-state index in [1.54, 1.807) is 0 Å². The lowest BCUT2D eigenvalue weighted by atomic mass is 10.1. The molecule has 1 fully saturated rings. The Labute approximate surface area is 169 Å². The number of carbonyl (C=O) groups excluding carboxylic acids is 1. The minimum Gasteiger partial charge on any atom is -0.363 e. The van der Waals surface area contributed by atoms with E-state index in [1.165, 1.54) is 26.7 Å². The Balaban J connectivity index is 1.47. The lowest BCUT2D eigenvalue weighted by molar-refractivity contribution is -1.02. The smallest absolute Gasteiger partial charge is 0.279 e. The number of carbonyl (C=O) groups is 1. The molecule has 0 radical (unpaired) electrons. The molecule has 0 aliphatic carbocycles. The van der Waals surface area contributed by atoms with Gasteiger partial charge in [-0.2, -0.15) is 4.68 Å². The van der Waals surface area contributed by atoms with E-state index in [0.29, 0.717) is 6.54 Å². The van der Waals surface area contributed by atoms with Crippen LogP contribution in [0.1, 0.15) is 11.1 Å². The Kier molecular flexibility index (Phi) is 6.59. The van der Waals surface area contributed by atoms with Crippen molar-refractivity contribution in [2.24, 2.45) is 0 Å². The summed E-state index contributed by atoms with van der Waals surface area (Å²) in [6.45, 7) is 9.40. The molecule has 27 heavy (non-hydrogen) atoms. The summed E-state index contributed by atoms with van der Waals surface area (Å²) in [5.41, 5.74) is 3.25. The molecular weight excluding hydrogens is 380 g/mol. The van der Waals surface area contributed by atoms with E-state index < -0.39 is 0 Å². The summed E-state index contributed by atoms with van der Waals surface area (Å²) in [7, 11) is 1.86. The van der Waals surface area contributed by atoms with Crippen molar-refractivity contribution in [1.29, 1.82) is 0 Å². The molecule has 1 aliphatic rings. The molecule has 0 spiro atoms. The third-order valence-corrected chi connectivity index (χ3v) is 6.47. The maximum atomic E-state index is 12.4. The quantitative estimate of drug-likeness (QED) is 0.496. The fourth-order valence-electron chi connectivity index (χ4n) is 3.32. The Morgan fingerprint density at radius 3 is 2.63 bits per heavy atom. The number of piperazine rings is 1. The van der Waals surface area contributed by atoms with Gasteiger partial charge in [0.25, 0.3) is 5.91 Å². The summed E-state index contributed by atoms with van der Waals surface area (Å²) in [6.07, 6.45) is 0. The van der Waals surface area contributed by atoms with Crippen molar-refractivity contribution in [2.45, 2.75) is 20.5 Å². The van der Waals surface area contributed by atoms with Gasteiger partial charge in [-0.15, -0.1) is 5.10 Å². The van der Waals surface area contributed by atoms with Crippen LogP contribution in [0.3, 0.4) is 0 Å². The van der Waals surface area contributed by atoms with E-state index in [9.17, 15) is 4.79 Å². The highest BCUT2D eigenvalue weighted by molar-refractivity contribution is 7.73. The monoisotopic (exact) mass is 408 g/mol. The minimum absolute atomic E-state index is 0.0857. The maximum absolute atomic E-state index is 12.4. The highest BCUT2D eigenvalue weighted by Crippen LogP contribution is 2.17. The number of amides is 1. The first-order valence-electron chi connectivity index (χ1n) is 9.25. The lowest BCUT2D eigenvalue weighted by Crippen LogP contribution is -3.28. The van der Waals surface area contributed by atoms with Gasteiger partial charge in [-0.25, -0.2) is 0 Å². The zero-order valence-corrected chi connectivity index (χ0v) is 17.7. The van der Waals surface area contributed by atoms with Crippen molar-refractivity contribution in [2.75, 3.05) is 50.4 Å². The Hall–Kier alpha value is -1.81. The van der Waals surface area contributed by atoms with Crippen molar-refractivity contribution >= 4 is 40.3 Å². The van der Waals surface area contributed by atoms with Crippen LogP contribution in [0.2, 0.25) is 0 Å². The number of quaternary nitrogens is 2. The van der Waals surface area contributed by atoms with Crippen LogP contribution in [0, 0.1) is 17.8 Å². The summed E-state index contributed by atoms with van der Waals surface area (Å²) in [4.78, 5) is 15.2. The van der Waals surface area contributed by atoms with Crippen molar-refractivity contribution in [1.82, 2.24) is 9.78 Å². The van der Waals surface area contributed by atoms with Crippen LogP contribution in [0.4, 0.5) is 10.8 Å². The number of anilines is 2. The maximum Gasteiger partial charge on any atom is 0.279 e. The van der Waals surface area contributed by atoms with Crippen LogP contribution in [0.5, 0.6) is 0 Å². The van der Waals surface area contributed by atoms with Gasteiger partial charge in [0.15, 0.2) is 17.2 Å². The average molecular weight is 409 g/mol. The zero-order chi connectivity index (χ0) is 19.4. The number of hydrogen-bond acceptors (Lipinski definition) is 5.